The van der Waals surface area contributed by atoms with Crippen molar-refractivity contribution in [3.63, 3.8) is 0 Å². The number of fused-ring (bicyclic) bond motifs is 6. The highest BCUT2D eigenvalue weighted by atomic mass is 35.5. The van der Waals surface area contributed by atoms with Crippen LogP contribution in [-0.4, -0.2) is 0 Å². The lowest BCUT2D eigenvalue weighted by molar-refractivity contribution is 0.668. The van der Waals surface area contributed by atoms with E-state index in [9.17, 15) is 0 Å². The first-order valence-electron chi connectivity index (χ1n) is 13.7. The van der Waals surface area contributed by atoms with Gasteiger partial charge in [-0.05, 0) is 75.2 Å². The largest absolute Gasteiger partial charge is 0.456 e. The van der Waals surface area contributed by atoms with Gasteiger partial charge in [-0.2, -0.15) is 0 Å². The molecule has 6 aromatic carbocycles. The zero-order valence-corrected chi connectivity index (χ0v) is 22.5. The molecule has 1 aliphatic rings. The van der Waals surface area contributed by atoms with Crippen molar-refractivity contribution in [1.82, 2.24) is 0 Å². The van der Waals surface area contributed by atoms with Gasteiger partial charge in [-0.1, -0.05) is 127 Å². The molecule has 7 aromatic rings. The summed E-state index contributed by atoms with van der Waals surface area (Å²) in [6.07, 6.45) is 0.815. The van der Waals surface area contributed by atoms with Crippen LogP contribution in [0.1, 0.15) is 33.4 Å². The molecule has 0 spiro atoms. The van der Waals surface area contributed by atoms with E-state index in [1.807, 2.05) is 18.2 Å². The van der Waals surface area contributed by atoms with Crippen LogP contribution >= 0.6 is 11.6 Å². The summed E-state index contributed by atoms with van der Waals surface area (Å²) in [5.41, 5.74) is 11.5. The fraction of sp³-hybridized carbons (Fsp3) is 0.0526. The van der Waals surface area contributed by atoms with E-state index < -0.39 is 5.41 Å². The molecule has 8 rings (SSSR count). The van der Waals surface area contributed by atoms with Crippen LogP contribution in [0.2, 0.25) is 5.02 Å². The maximum absolute atomic E-state index is 6.63. The number of hydrogen-bond acceptors (Lipinski definition) is 1. The molecule has 0 N–H and O–H groups in total. The van der Waals surface area contributed by atoms with Crippen LogP contribution < -0.4 is 0 Å². The minimum absolute atomic E-state index is 0.462. The summed E-state index contributed by atoms with van der Waals surface area (Å²) in [6, 6.07) is 49.9. The Kier molecular flexibility index (Phi) is 5.23. The third-order valence-corrected chi connectivity index (χ3v) is 8.66. The first-order valence-corrected chi connectivity index (χ1v) is 14.0. The van der Waals surface area contributed by atoms with Gasteiger partial charge in [-0.25, -0.2) is 0 Å². The SMILES string of the molecule is Clc1cccc(C2(c3cccc(Cc4ccc5c(c4)oc4ccccc45)c3)c3ccccc3-c3ccccc32)c1. The Hall–Kier alpha value is -4.59. The molecule has 0 amide bonds. The minimum atomic E-state index is -0.462. The molecule has 1 nitrogen and oxygen atoms in total. The lowest BCUT2D eigenvalue weighted by Gasteiger charge is -2.34. The Morgan fingerprint density at radius 1 is 0.500 bits per heavy atom. The van der Waals surface area contributed by atoms with E-state index in [1.54, 1.807) is 0 Å². The van der Waals surface area contributed by atoms with Gasteiger partial charge in [0.25, 0.3) is 0 Å². The molecule has 0 aliphatic heterocycles. The zero-order valence-electron chi connectivity index (χ0n) is 21.8. The highest BCUT2D eigenvalue weighted by Crippen LogP contribution is 2.56. The second kappa shape index (κ2) is 8.98. The molecule has 0 bridgehead atoms. The zero-order chi connectivity index (χ0) is 26.7. The molecular formula is C38H25ClO. The molecule has 0 saturated heterocycles. The van der Waals surface area contributed by atoms with Crippen molar-refractivity contribution < 1.29 is 4.42 Å². The van der Waals surface area contributed by atoms with Gasteiger partial charge in [0, 0.05) is 15.8 Å². The maximum Gasteiger partial charge on any atom is 0.135 e. The van der Waals surface area contributed by atoms with E-state index in [-0.39, 0.29) is 0 Å². The van der Waals surface area contributed by atoms with E-state index in [0.717, 1.165) is 33.4 Å². The van der Waals surface area contributed by atoms with Crippen molar-refractivity contribution in [1.29, 1.82) is 0 Å². The summed E-state index contributed by atoms with van der Waals surface area (Å²) in [4.78, 5) is 0. The number of benzene rings is 6. The Labute approximate surface area is 238 Å². The van der Waals surface area contributed by atoms with Crippen molar-refractivity contribution in [2.24, 2.45) is 0 Å². The quantitative estimate of drug-likeness (QED) is 0.220. The van der Waals surface area contributed by atoms with Crippen molar-refractivity contribution in [3.8, 4) is 11.1 Å². The van der Waals surface area contributed by atoms with Gasteiger partial charge in [0.15, 0.2) is 0 Å². The monoisotopic (exact) mass is 532 g/mol. The number of furan rings is 1. The summed E-state index contributed by atoms with van der Waals surface area (Å²) >= 11 is 6.63. The second-order valence-electron chi connectivity index (χ2n) is 10.7. The smallest absolute Gasteiger partial charge is 0.135 e. The number of halogens is 1. The second-order valence-corrected chi connectivity index (χ2v) is 11.1. The number of rotatable bonds is 4. The van der Waals surface area contributed by atoms with E-state index in [1.165, 1.54) is 44.5 Å². The first kappa shape index (κ1) is 23.3. The fourth-order valence-electron chi connectivity index (χ4n) is 6.78. The Bertz CT molecular complexity index is 2020. The third-order valence-electron chi connectivity index (χ3n) is 8.42. The molecule has 0 fully saturated rings. The molecule has 1 heterocycles. The summed E-state index contributed by atoms with van der Waals surface area (Å²) in [5.74, 6) is 0. The van der Waals surface area contributed by atoms with Crippen LogP contribution in [-0.2, 0) is 11.8 Å². The van der Waals surface area contributed by atoms with Gasteiger partial charge < -0.3 is 4.42 Å². The van der Waals surface area contributed by atoms with Gasteiger partial charge in [-0.15, -0.1) is 0 Å². The fourth-order valence-corrected chi connectivity index (χ4v) is 6.97. The molecule has 1 aromatic heterocycles. The van der Waals surface area contributed by atoms with Crippen LogP contribution in [0.25, 0.3) is 33.1 Å². The van der Waals surface area contributed by atoms with E-state index in [4.69, 9.17) is 16.0 Å². The molecular weight excluding hydrogens is 508 g/mol. The standard InChI is InChI=1S/C38H25ClO/c39-29-12-8-11-28(24-29)38(34-16-4-1-13-30(34)31-14-2-5-17-35(31)38)27-10-7-9-25(22-27)21-26-19-20-33-32-15-3-6-18-36(32)40-37(33)23-26/h1-20,22-24H,21H2. The molecule has 0 radical (unpaired) electrons. The van der Waals surface area contributed by atoms with Crippen molar-refractivity contribution in [2.45, 2.75) is 11.8 Å². The maximum atomic E-state index is 6.63. The molecule has 0 saturated carbocycles. The number of hydrogen-bond donors (Lipinski definition) is 0. The average Bonchev–Trinajstić information content (AvgIpc) is 3.51. The molecule has 190 valence electrons. The highest BCUT2D eigenvalue weighted by Gasteiger charge is 2.46. The minimum Gasteiger partial charge on any atom is -0.456 e. The summed E-state index contributed by atoms with van der Waals surface area (Å²) in [5, 5.41) is 3.06. The van der Waals surface area contributed by atoms with Gasteiger partial charge >= 0.3 is 0 Å². The van der Waals surface area contributed by atoms with Crippen LogP contribution in [0.5, 0.6) is 0 Å². The topological polar surface area (TPSA) is 13.1 Å². The molecule has 0 unspecified atom stereocenters. The van der Waals surface area contributed by atoms with Crippen molar-refractivity contribution in [3.05, 3.63) is 178 Å². The molecule has 0 atom stereocenters. The van der Waals surface area contributed by atoms with E-state index in [0.29, 0.717) is 0 Å². The van der Waals surface area contributed by atoms with E-state index in [2.05, 4.69) is 121 Å². The van der Waals surface area contributed by atoms with Crippen molar-refractivity contribution >= 4 is 33.5 Å². The highest BCUT2D eigenvalue weighted by molar-refractivity contribution is 6.30. The summed E-state index contributed by atoms with van der Waals surface area (Å²) in [6.45, 7) is 0. The lowest BCUT2D eigenvalue weighted by atomic mass is 9.67. The van der Waals surface area contributed by atoms with Gasteiger partial charge in [-0.3, -0.25) is 0 Å². The lowest BCUT2D eigenvalue weighted by Crippen LogP contribution is -2.28. The molecule has 2 heteroatoms. The normalized spacial score (nSPS) is 13.4. The van der Waals surface area contributed by atoms with Crippen LogP contribution in [0.4, 0.5) is 0 Å². The number of para-hydroxylation sites is 1. The third kappa shape index (κ3) is 3.41. The average molecular weight is 533 g/mol. The summed E-state index contributed by atoms with van der Waals surface area (Å²) < 4.78 is 6.19. The predicted molar refractivity (Wildman–Crippen MR) is 165 cm³/mol. The Balaban J connectivity index is 1.30. The predicted octanol–water partition coefficient (Wildman–Crippen LogP) is 10.2. The van der Waals surface area contributed by atoms with Gasteiger partial charge in [0.05, 0.1) is 5.41 Å². The molecule has 1 aliphatic carbocycles. The van der Waals surface area contributed by atoms with E-state index >= 15 is 0 Å². The van der Waals surface area contributed by atoms with Crippen LogP contribution in [0.15, 0.2) is 144 Å². The first-order chi connectivity index (χ1) is 19.7. The Morgan fingerprint density at radius 3 is 1.90 bits per heavy atom. The Morgan fingerprint density at radius 2 is 1.12 bits per heavy atom. The van der Waals surface area contributed by atoms with Crippen LogP contribution in [0.3, 0.4) is 0 Å². The van der Waals surface area contributed by atoms with Crippen molar-refractivity contribution in [2.75, 3.05) is 0 Å². The van der Waals surface area contributed by atoms with Gasteiger partial charge in [0.1, 0.15) is 11.2 Å². The van der Waals surface area contributed by atoms with Crippen LogP contribution in [0, 0.1) is 0 Å². The molecule has 40 heavy (non-hydrogen) atoms. The summed E-state index contributed by atoms with van der Waals surface area (Å²) in [7, 11) is 0. The van der Waals surface area contributed by atoms with Gasteiger partial charge in [0.2, 0.25) is 0 Å².